The highest BCUT2D eigenvalue weighted by atomic mass is 16.6. The van der Waals surface area contributed by atoms with Crippen LogP contribution in [0.3, 0.4) is 0 Å². The molecule has 1 aromatic carbocycles. The van der Waals surface area contributed by atoms with Gasteiger partial charge >= 0.3 is 5.97 Å². The Morgan fingerprint density at radius 2 is 1.52 bits per heavy atom. The van der Waals surface area contributed by atoms with Gasteiger partial charge in [0.25, 0.3) is 0 Å². The first kappa shape index (κ1) is 41.4. The maximum absolute atomic E-state index is 12.3. The van der Waals surface area contributed by atoms with E-state index in [1.54, 1.807) is 6.20 Å². The second-order valence-electron chi connectivity index (χ2n) is 13.6. The van der Waals surface area contributed by atoms with Crippen LogP contribution >= 0.6 is 0 Å². The van der Waals surface area contributed by atoms with Gasteiger partial charge in [-0.2, -0.15) is 0 Å². The lowest BCUT2D eigenvalue weighted by molar-refractivity contribution is -0.138. The van der Waals surface area contributed by atoms with Gasteiger partial charge in [-0.1, -0.05) is 44.2 Å². The topological polar surface area (TPSA) is 137 Å². The van der Waals surface area contributed by atoms with Crippen LogP contribution in [0.2, 0.25) is 0 Å². The fourth-order valence-corrected chi connectivity index (χ4v) is 5.95. The molecule has 288 valence electrons. The number of carboxylic acids is 1. The van der Waals surface area contributed by atoms with Gasteiger partial charge in [-0.25, -0.2) is 14.8 Å². The number of nitrogens with zero attached hydrogens (tertiary/aromatic N) is 3. The van der Waals surface area contributed by atoms with E-state index in [0.717, 1.165) is 80.5 Å². The summed E-state index contributed by atoms with van der Waals surface area (Å²) < 4.78 is 28.2. The summed E-state index contributed by atoms with van der Waals surface area (Å²) in [6, 6.07) is 13.4. The fraction of sp³-hybridized carbons (Fsp3) is 0.625. The molecule has 2 aromatic heterocycles. The molecule has 1 aliphatic rings. The number of ether oxygens (including phenoxy) is 5. The highest BCUT2D eigenvalue weighted by Crippen LogP contribution is 2.22. The van der Waals surface area contributed by atoms with Crippen LogP contribution in [0.4, 0.5) is 11.6 Å². The Kier molecular flexibility index (Phi) is 19.7. The first-order chi connectivity index (χ1) is 25.5. The summed E-state index contributed by atoms with van der Waals surface area (Å²) in [5, 5.41) is 18.6. The fourth-order valence-electron chi connectivity index (χ4n) is 5.95. The van der Waals surface area contributed by atoms with E-state index < -0.39 is 12.0 Å². The number of anilines is 2. The molecule has 0 amide bonds. The van der Waals surface area contributed by atoms with Crippen LogP contribution in [0.1, 0.15) is 57.2 Å². The van der Waals surface area contributed by atoms with E-state index in [2.05, 4.69) is 46.5 Å². The summed E-state index contributed by atoms with van der Waals surface area (Å²) in [4.78, 5) is 23.9. The maximum Gasteiger partial charge on any atom is 0.326 e. The number of aliphatic carboxylic acids is 1. The lowest BCUT2D eigenvalue weighted by Gasteiger charge is -2.25. The molecule has 52 heavy (non-hydrogen) atoms. The molecule has 0 unspecified atom stereocenters. The number of aromatic nitrogens is 2. The van der Waals surface area contributed by atoms with Crippen molar-refractivity contribution in [3.8, 4) is 0 Å². The Morgan fingerprint density at radius 3 is 2.23 bits per heavy atom. The van der Waals surface area contributed by atoms with Crippen LogP contribution in [0.25, 0.3) is 10.8 Å². The maximum atomic E-state index is 12.3. The average molecular weight is 724 g/mol. The molecule has 0 aliphatic carbocycles. The number of benzene rings is 1. The summed E-state index contributed by atoms with van der Waals surface area (Å²) in [6.07, 6.45) is 8.33. The minimum Gasteiger partial charge on any atom is -0.480 e. The van der Waals surface area contributed by atoms with Crippen molar-refractivity contribution in [3.05, 3.63) is 59.9 Å². The van der Waals surface area contributed by atoms with Crippen molar-refractivity contribution >= 4 is 28.4 Å². The van der Waals surface area contributed by atoms with E-state index in [0.29, 0.717) is 90.7 Å². The Bertz CT molecular complexity index is 1420. The van der Waals surface area contributed by atoms with Gasteiger partial charge in [-0.3, -0.25) is 0 Å². The van der Waals surface area contributed by atoms with Crippen LogP contribution in [-0.2, 0) is 41.3 Å². The zero-order valence-electron chi connectivity index (χ0n) is 31.4. The van der Waals surface area contributed by atoms with E-state index in [1.165, 1.54) is 5.56 Å². The highest BCUT2D eigenvalue weighted by Gasteiger charge is 2.20. The third-order valence-electron chi connectivity index (χ3n) is 9.01. The summed E-state index contributed by atoms with van der Waals surface area (Å²) in [5.74, 6) is 1.38. The van der Waals surface area contributed by atoms with Gasteiger partial charge < -0.3 is 44.3 Å². The smallest absolute Gasteiger partial charge is 0.326 e. The molecule has 3 aromatic rings. The molecule has 1 aliphatic heterocycles. The quantitative estimate of drug-likeness (QED) is 0.0759. The zero-order chi connectivity index (χ0) is 36.6. The molecule has 0 spiro atoms. The first-order valence-corrected chi connectivity index (χ1v) is 19.2. The van der Waals surface area contributed by atoms with Gasteiger partial charge in [-0.05, 0) is 80.5 Å². The lowest BCUT2D eigenvalue weighted by atomic mass is 10.1. The minimum absolute atomic E-state index is 0.429. The molecule has 3 N–H and O–H groups in total. The van der Waals surface area contributed by atoms with E-state index in [-0.39, 0.29) is 0 Å². The number of aryl methyl sites for hydroxylation is 2. The third kappa shape index (κ3) is 16.1. The molecular weight excluding hydrogens is 662 g/mol. The van der Waals surface area contributed by atoms with Crippen LogP contribution in [0.5, 0.6) is 0 Å². The van der Waals surface area contributed by atoms with E-state index in [9.17, 15) is 9.90 Å². The molecule has 12 nitrogen and oxygen atoms in total. The molecule has 0 bridgehead atoms. The van der Waals surface area contributed by atoms with Crippen molar-refractivity contribution < 1.29 is 33.6 Å². The van der Waals surface area contributed by atoms with Gasteiger partial charge in [0.15, 0.2) is 0 Å². The number of pyridine rings is 2. The van der Waals surface area contributed by atoms with Crippen molar-refractivity contribution in [2.24, 2.45) is 5.92 Å². The van der Waals surface area contributed by atoms with Crippen molar-refractivity contribution in [2.75, 3.05) is 103 Å². The Labute approximate surface area is 309 Å². The van der Waals surface area contributed by atoms with Crippen LogP contribution in [-0.4, -0.2) is 124 Å². The number of fused-ring (bicyclic) bond motifs is 2. The Hall–Kier alpha value is -3.39. The number of carboxylic acid groups (broad SMARTS) is 1. The molecule has 0 saturated carbocycles. The molecule has 0 fully saturated rings. The minimum atomic E-state index is -0.895. The van der Waals surface area contributed by atoms with Gasteiger partial charge in [-0.15, -0.1) is 0 Å². The Balaban J connectivity index is 1.14. The second-order valence-corrected chi connectivity index (χ2v) is 13.6. The van der Waals surface area contributed by atoms with Crippen molar-refractivity contribution in [1.82, 2.24) is 14.9 Å². The summed E-state index contributed by atoms with van der Waals surface area (Å²) in [5.41, 5.74) is 2.41. The highest BCUT2D eigenvalue weighted by molar-refractivity contribution is 5.93. The van der Waals surface area contributed by atoms with Crippen molar-refractivity contribution in [2.45, 2.75) is 64.8 Å². The van der Waals surface area contributed by atoms with Gasteiger partial charge in [0.2, 0.25) is 0 Å². The third-order valence-corrected chi connectivity index (χ3v) is 9.01. The normalized spacial score (nSPS) is 13.4. The van der Waals surface area contributed by atoms with Crippen LogP contribution in [0.15, 0.2) is 48.7 Å². The zero-order valence-corrected chi connectivity index (χ0v) is 31.4. The van der Waals surface area contributed by atoms with Crippen molar-refractivity contribution in [3.63, 3.8) is 0 Å². The van der Waals surface area contributed by atoms with Gasteiger partial charge in [0.05, 0.1) is 59.5 Å². The molecule has 3 heterocycles. The van der Waals surface area contributed by atoms with E-state index in [1.807, 2.05) is 30.3 Å². The van der Waals surface area contributed by atoms with E-state index >= 15 is 0 Å². The van der Waals surface area contributed by atoms with Gasteiger partial charge in [0.1, 0.15) is 17.7 Å². The standard InChI is InChI=1S/C40H61N5O7/c1-32(2)16-22-48-24-26-50-28-30-52-31-29-51-27-25-49-23-21-45(19-6-5-10-35-13-12-34-9-7-17-41-38(34)43-35)20-15-37(40(46)47)44-39-36-11-4-3-8-33(36)14-18-42-39/h3-4,8,11-14,18,32,37H,5-7,9-10,15-17,19-31H2,1-2H3,(H,41,43)(H,42,44)(H,46,47)/t37-/m0/s1. The summed E-state index contributed by atoms with van der Waals surface area (Å²) in [6.45, 7) is 13.1. The second kappa shape index (κ2) is 24.8. The molecule has 0 radical (unpaired) electrons. The average Bonchev–Trinajstić information content (AvgIpc) is 3.15. The van der Waals surface area contributed by atoms with Crippen LogP contribution < -0.4 is 10.6 Å². The molecular formula is C40H61N5O7. The SMILES string of the molecule is CC(C)CCOCCOCCOCCOCCOCCN(CCCCc1ccc2c(n1)NCCC2)CC[C@H](Nc1nccc2ccccc12)C(=O)O. The number of nitrogens with one attached hydrogen (secondary N) is 2. The number of unbranched alkanes of at least 4 members (excludes halogenated alkanes) is 1. The summed E-state index contributed by atoms with van der Waals surface area (Å²) in [7, 11) is 0. The lowest BCUT2D eigenvalue weighted by Crippen LogP contribution is -2.37. The van der Waals surface area contributed by atoms with Crippen molar-refractivity contribution in [1.29, 1.82) is 0 Å². The number of hydrogen-bond donors (Lipinski definition) is 3. The number of carbonyl (C=O) groups is 1. The molecule has 1 atom stereocenters. The molecule has 12 heteroatoms. The predicted molar refractivity (Wildman–Crippen MR) is 205 cm³/mol. The molecule has 0 saturated heterocycles. The van der Waals surface area contributed by atoms with Gasteiger partial charge in [0, 0.05) is 43.5 Å². The van der Waals surface area contributed by atoms with Crippen LogP contribution in [0, 0.1) is 5.92 Å². The predicted octanol–water partition coefficient (Wildman–Crippen LogP) is 5.70. The van der Waals surface area contributed by atoms with E-state index in [4.69, 9.17) is 28.7 Å². The summed E-state index contributed by atoms with van der Waals surface area (Å²) >= 11 is 0. The molecule has 4 rings (SSSR count). The Morgan fingerprint density at radius 1 is 0.827 bits per heavy atom. The monoisotopic (exact) mass is 723 g/mol. The first-order valence-electron chi connectivity index (χ1n) is 19.2. The number of rotatable bonds is 29. The largest absolute Gasteiger partial charge is 0.480 e. The number of hydrogen-bond acceptors (Lipinski definition) is 11.